The Kier molecular flexibility index (Phi) is 34.7. The number of fused-ring (bicyclic) bond motifs is 6. The van der Waals surface area contributed by atoms with Gasteiger partial charge in [-0.1, -0.05) is 147 Å². The number of amides is 6. The number of anilines is 6. The number of phenols is 3. The molecule has 18 rings (SSSR count). The summed E-state index contributed by atoms with van der Waals surface area (Å²) in [6.07, 6.45) is 19.0. The van der Waals surface area contributed by atoms with Crippen LogP contribution >= 0.6 is 47.8 Å². The number of pyridine rings is 1. The van der Waals surface area contributed by atoms with Crippen LogP contribution in [-0.4, -0.2) is 116 Å². The van der Waals surface area contributed by atoms with E-state index in [-0.39, 0.29) is 50.7 Å². The molecule has 12 aromatic rings. The minimum Gasteiger partial charge on any atom is -0.508 e. The van der Waals surface area contributed by atoms with Gasteiger partial charge >= 0.3 is 0 Å². The van der Waals surface area contributed by atoms with Gasteiger partial charge in [-0.05, 0) is 346 Å². The predicted octanol–water partition coefficient (Wildman–Crippen LogP) is 20.6. The van der Waals surface area contributed by atoms with Crippen LogP contribution in [0.3, 0.4) is 0 Å². The molecule has 6 amide bonds. The van der Waals surface area contributed by atoms with E-state index in [1.807, 2.05) is 66.7 Å². The van der Waals surface area contributed by atoms with Crippen molar-refractivity contribution in [2.45, 2.75) is 29.4 Å². The lowest BCUT2D eigenvalue weighted by atomic mass is 10.1. The standard InChI is InChI=1S/2C19H13BrN2O2S.3C19H14N2O3S.C18H12BrN3O2S/c1-25(24)9-8-14-4-7-17(11-18(14)25)22-19(23)15(12-21)10-13-2-5-16(20)6-3-13;1-25(24)9-8-13-6-7-16(11-18(13)25)22-19(23)15(12-21)10-14-4-2-3-5-17(14)20;1-25(24)9-8-14-4-5-16(11-18(14)25)21-19(23)15(12-20)10-13-2-6-17(22)7-3-13;1-25(24)8-7-14-5-6-16(11-18(14)25)21-19(23)15(12-20)9-13-3-2-4-17(22)10-13;1-25(24)9-8-13-6-7-16(11-18(13)25)21-19(23)15(12-20)10-14-4-2-3-5-17(14)22;1-25(24)8-7-12-5-6-15(10-16(12)25)22-18(23)13(11-20)9-14-3-2-4-17(19)21-14/h2*2-11H,1H2,(H,22,23);3*2-11,22H,1H2,(H,21,23);2-10H,1H2,(H,22,23)/b3*15-10+;15-9+;15-10+;13-9+. The summed E-state index contributed by atoms with van der Waals surface area (Å²) < 4.78 is 76.2. The van der Waals surface area contributed by atoms with Crippen molar-refractivity contribution < 1.29 is 69.3 Å². The van der Waals surface area contributed by atoms with Crippen LogP contribution in [0.1, 0.15) is 66.9 Å². The van der Waals surface area contributed by atoms with E-state index in [1.54, 1.807) is 257 Å². The summed E-state index contributed by atoms with van der Waals surface area (Å²) in [4.78, 5) is 81.7. The molecule has 6 atom stereocenters. The number of phenolic OH excluding ortho intramolecular Hbond substituents is 3. The summed E-state index contributed by atoms with van der Waals surface area (Å²) in [7, 11) is -14.8. The first kappa shape index (κ1) is 109. The molecule has 11 aromatic carbocycles. The number of halogens is 3. The summed E-state index contributed by atoms with van der Waals surface area (Å²) in [6, 6.07) is 80.1. The van der Waals surface area contributed by atoms with Gasteiger partial charge in [0.15, 0.2) is 0 Å². The summed E-state index contributed by atoms with van der Waals surface area (Å²) in [6.45, 7) is 0. The Hall–Kier alpha value is -17.8. The van der Waals surface area contributed by atoms with Gasteiger partial charge < -0.3 is 47.2 Å². The molecule has 37 heteroatoms. The molecule has 9 N–H and O–H groups in total. The molecule has 7 heterocycles. The molecule has 744 valence electrons. The fourth-order valence-corrected chi connectivity index (χ4v) is 23.6. The van der Waals surface area contributed by atoms with Gasteiger partial charge in [-0.25, -0.2) is 4.98 Å². The fraction of sp³-hybridized carbons (Fsp3) is 0. The number of carbonyl (C=O) groups is 6. The van der Waals surface area contributed by atoms with Crippen LogP contribution in [-0.2, 0) is 85.9 Å². The van der Waals surface area contributed by atoms with Crippen molar-refractivity contribution in [3.05, 3.63) is 395 Å². The molecule has 0 aliphatic carbocycles. The molecule has 0 saturated heterocycles. The Balaban J connectivity index is 0.000000150. The number of para-hydroxylation sites is 1. The summed E-state index contributed by atoms with van der Waals surface area (Å²) >= 11 is 9.96. The second kappa shape index (κ2) is 47.6. The number of nitrogens with zero attached hydrogens (tertiary/aromatic N) is 7. The Morgan fingerprint density at radius 2 is 0.553 bits per heavy atom. The molecule has 6 aliphatic heterocycles. The maximum atomic E-state index is 12.4. The van der Waals surface area contributed by atoms with Crippen molar-refractivity contribution in [3.8, 4) is 53.7 Å². The number of hydrogen-bond acceptors (Lipinski definition) is 22. The molecule has 0 bridgehead atoms. The predicted molar refractivity (Wildman–Crippen MR) is 612 cm³/mol. The third-order valence-corrected chi connectivity index (χ3v) is 33.6. The first-order chi connectivity index (χ1) is 71.4. The van der Waals surface area contributed by atoms with Crippen LogP contribution in [0.25, 0.3) is 72.9 Å². The van der Waals surface area contributed by atoms with Crippen molar-refractivity contribution in [2.75, 3.05) is 31.9 Å². The van der Waals surface area contributed by atoms with Gasteiger partial charge in [0.2, 0.25) is 0 Å². The quantitative estimate of drug-likeness (QED) is 0.0167. The van der Waals surface area contributed by atoms with Crippen LogP contribution in [0.15, 0.2) is 358 Å². The molecule has 1 aromatic heterocycles. The number of aromatic hydroxyl groups is 3. The van der Waals surface area contributed by atoms with Gasteiger partial charge in [-0.2, -0.15) is 31.6 Å². The normalized spacial score (nSPS) is 18.5. The van der Waals surface area contributed by atoms with Crippen LogP contribution in [0.4, 0.5) is 34.1 Å². The number of benzene rings is 11. The summed E-state index contributed by atoms with van der Waals surface area (Å²) in [5, 5.41) is 109. The highest BCUT2D eigenvalue weighted by Crippen LogP contribution is 2.38. The van der Waals surface area contributed by atoms with E-state index in [2.05, 4.69) is 120 Å². The highest BCUT2D eigenvalue weighted by atomic mass is 79.9. The number of nitriles is 6. The average Bonchev–Trinajstić information content (AvgIpc) is 1.66. The number of carbonyl (C=O) groups excluding carboxylic acids is 6. The van der Waals surface area contributed by atoms with E-state index in [1.165, 1.54) is 66.8 Å². The highest BCUT2D eigenvalue weighted by Gasteiger charge is 2.26. The van der Waals surface area contributed by atoms with Gasteiger partial charge in [0.1, 0.15) is 91.7 Å². The van der Waals surface area contributed by atoms with Crippen molar-refractivity contribution in [3.63, 3.8) is 0 Å². The second-order valence-electron chi connectivity index (χ2n) is 32.6. The van der Waals surface area contributed by atoms with E-state index in [4.69, 9.17) is 0 Å². The first-order valence-corrected chi connectivity index (χ1v) is 56.7. The minimum atomic E-state index is -2.49. The Morgan fingerprint density at radius 1 is 0.280 bits per heavy atom. The molecule has 6 aliphatic rings. The monoisotopic (exact) mass is 2290 g/mol. The Labute approximate surface area is 890 Å². The summed E-state index contributed by atoms with van der Waals surface area (Å²) in [5.74, 6) is 18.9. The molecule has 28 nitrogen and oxygen atoms in total. The molecule has 0 fully saturated rings. The number of nitrogens with one attached hydrogen (secondary N) is 6. The van der Waals surface area contributed by atoms with Crippen LogP contribution in [0.5, 0.6) is 17.2 Å². The molecular weight excluding hydrogens is 2210 g/mol. The molecular formula is C113H80Br3N13O15S6. The zero-order valence-corrected chi connectivity index (χ0v) is 87.9. The molecule has 0 radical (unpaired) electrons. The molecule has 6 unspecified atom stereocenters. The van der Waals surface area contributed by atoms with Gasteiger partial charge in [0, 0.05) is 135 Å². The lowest BCUT2D eigenvalue weighted by Crippen LogP contribution is -2.14. The maximum absolute atomic E-state index is 12.4. The molecule has 0 spiro atoms. The Bertz CT molecular complexity index is 8610. The van der Waals surface area contributed by atoms with Crippen molar-refractivity contribution in [1.82, 2.24) is 4.98 Å². The van der Waals surface area contributed by atoms with Crippen LogP contribution in [0.2, 0.25) is 0 Å². The van der Waals surface area contributed by atoms with Gasteiger partial charge in [-0.3, -0.25) is 54.0 Å². The molecule has 150 heavy (non-hydrogen) atoms. The topological polar surface area (TPSA) is 493 Å². The zero-order chi connectivity index (χ0) is 108. The maximum Gasteiger partial charge on any atom is 0.266 e. The summed E-state index contributed by atoms with van der Waals surface area (Å²) in [5.41, 5.74) is 10.5. The zero-order valence-electron chi connectivity index (χ0n) is 78.3. The van der Waals surface area contributed by atoms with E-state index < -0.39 is 92.6 Å². The van der Waals surface area contributed by atoms with Crippen molar-refractivity contribution >= 4 is 283 Å². The highest BCUT2D eigenvalue weighted by molar-refractivity contribution is 9.11. The van der Waals surface area contributed by atoms with E-state index in [9.17, 15) is 101 Å². The van der Waals surface area contributed by atoms with Gasteiger partial charge in [-0.15, -0.1) is 0 Å². The van der Waals surface area contributed by atoms with E-state index in [0.717, 1.165) is 53.5 Å². The number of rotatable bonds is 18. The van der Waals surface area contributed by atoms with E-state index >= 15 is 0 Å². The van der Waals surface area contributed by atoms with Crippen molar-refractivity contribution in [1.29, 1.82) is 31.6 Å². The second-order valence-corrected chi connectivity index (χ2v) is 48.2. The third kappa shape index (κ3) is 28.1. The van der Waals surface area contributed by atoms with Crippen LogP contribution < -0.4 is 31.9 Å². The number of hydrogen-bond donors (Lipinski definition) is 9. The third-order valence-electron chi connectivity index (χ3n) is 21.9. The Morgan fingerprint density at radius 3 is 0.853 bits per heavy atom. The fourth-order valence-electron chi connectivity index (χ4n) is 14.3. The van der Waals surface area contributed by atoms with Crippen LogP contribution in [0, 0.1) is 68.0 Å². The lowest BCUT2D eigenvalue weighted by Gasteiger charge is -2.08. The molecule has 0 saturated carbocycles. The smallest absolute Gasteiger partial charge is 0.266 e. The van der Waals surface area contributed by atoms with Gasteiger partial charge in [0.05, 0.1) is 5.69 Å². The first-order valence-electron chi connectivity index (χ1n) is 43.6. The lowest BCUT2D eigenvalue weighted by molar-refractivity contribution is -0.113. The number of aromatic nitrogens is 1. The minimum absolute atomic E-state index is 0.0173. The van der Waals surface area contributed by atoms with Gasteiger partial charge in [0.25, 0.3) is 35.4 Å². The van der Waals surface area contributed by atoms with E-state index in [0.29, 0.717) is 90.5 Å². The van der Waals surface area contributed by atoms with Crippen molar-refractivity contribution in [2.24, 2.45) is 0 Å². The largest absolute Gasteiger partial charge is 0.508 e. The average molecular weight is 2290 g/mol. The SMILES string of the molecule is C=S1(=O)C=Cc2ccc(NC(=O)/C(C#N)=C/c3ccc(Br)cc3)cc21.C=S1(=O)C=Cc2ccc(NC(=O)/C(C#N)=C/c3ccc(O)cc3)cc21.C=S1(=O)C=Cc2ccc(NC(=O)/C(C#N)=C/c3cccc(Br)n3)cc21.C=S1(=O)C=Cc2ccc(NC(=O)/C(C#N)=C/c3cccc(O)c3)cc21.C=S1(=O)C=Cc2ccc(NC(=O)/C(C#N)=C/c3ccccc3Br)cc21.C=S1(=O)C=Cc2ccc(NC(=O)/C(C#N)=C/c3ccccc3O)cc21.